The number of aromatic nitrogens is 1. The van der Waals surface area contributed by atoms with E-state index in [4.69, 9.17) is 0 Å². The van der Waals surface area contributed by atoms with E-state index in [9.17, 15) is 4.79 Å². The molecule has 0 bridgehead atoms. The number of rotatable bonds is 4. The van der Waals surface area contributed by atoms with Crippen LogP contribution < -0.4 is 5.32 Å². The Hall–Kier alpha value is -1.90. The van der Waals surface area contributed by atoms with Crippen LogP contribution in [0.5, 0.6) is 0 Å². The van der Waals surface area contributed by atoms with Crippen LogP contribution in [0.2, 0.25) is 0 Å². The number of hydrogen-bond acceptors (Lipinski definition) is 2. The molecule has 0 spiro atoms. The standard InChI is InChI=1S/C15H18N2O/c18-15(14-9-5-10-16-12-14)17-11-4-8-13-6-2-1-3-7-13/h4-6,8-10,12H,1-3,7,11H2,(H,17,18). The molecule has 1 aromatic heterocycles. The molecule has 0 aromatic carbocycles. The summed E-state index contributed by atoms with van der Waals surface area (Å²) in [6, 6.07) is 3.52. The van der Waals surface area contributed by atoms with Gasteiger partial charge in [-0.25, -0.2) is 0 Å². The highest BCUT2D eigenvalue weighted by Gasteiger charge is 2.02. The van der Waals surface area contributed by atoms with Crippen molar-refractivity contribution in [2.24, 2.45) is 0 Å². The van der Waals surface area contributed by atoms with Crippen LogP contribution in [-0.4, -0.2) is 17.4 Å². The third-order valence-electron chi connectivity index (χ3n) is 2.96. The minimum atomic E-state index is -0.0784. The molecule has 0 saturated carbocycles. The molecule has 1 amide bonds. The van der Waals surface area contributed by atoms with Gasteiger partial charge in [0.2, 0.25) is 0 Å². The topological polar surface area (TPSA) is 42.0 Å². The quantitative estimate of drug-likeness (QED) is 0.882. The van der Waals surface area contributed by atoms with Crippen molar-refractivity contribution in [3.05, 3.63) is 53.9 Å². The van der Waals surface area contributed by atoms with Crippen LogP contribution in [0.3, 0.4) is 0 Å². The minimum absolute atomic E-state index is 0.0784. The van der Waals surface area contributed by atoms with Crippen LogP contribution in [0.25, 0.3) is 0 Å². The Kier molecular flexibility index (Phi) is 4.70. The van der Waals surface area contributed by atoms with Crippen LogP contribution in [0, 0.1) is 0 Å². The van der Waals surface area contributed by atoms with Gasteiger partial charge in [-0.3, -0.25) is 9.78 Å². The first-order valence-electron chi connectivity index (χ1n) is 6.40. The summed E-state index contributed by atoms with van der Waals surface area (Å²) in [6.07, 6.45) is 14.5. The van der Waals surface area contributed by atoms with E-state index < -0.39 is 0 Å². The third-order valence-corrected chi connectivity index (χ3v) is 2.96. The highest BCUT2D eigenvalue weighted by molar-refractivity contribution is 5.93. The molecule has 0 fully saturated rings. The Balaban J connectivity index is 1.77. The molecule has 3 nitrogen and oxygen atoms in total. The number of pyridine rings is 1. The molecule has 1 heterocycles. The van der Waals surface area contributed by atoms with E-state index in [0.29, 0.717) is 12.1 Å². The molecule has 1 aromatic rings. The Morgan fingerprint density at radius 3 is 3.11 bits per heavy atom. The number of amides is 1. The first kappa shape index (κ1) is 12.6. The molecule has 0 saturated heterocycles. The first-order valence-corrected chi connectivity index (χ1v) is 6.40. The van der Waals surface area contributed by atoms with Crippen molar-refractivity contribution in [3.63, 3.8) is 0 Å². The predicted octanol–water partition coefficient (Wildman–Crippen LogP) is 2.87. The zero-order chi connectivity index (χ0) is 12.6. The summed E-state index contributed by atoms with van der Waals surface area (Å²) in [5, 5.41) is 2.85. The summed E-state index contributed by atoms with van der Waals surface area (Å²) >= 11 is 0. The van der Waals surface area contributed by atoms with Gasteiger partial charge in [-0.15, -0.1) is 0 Å². The summed E-state index contributed by atoms with van der Waals surface area (Å²) in [6.45, 7) is 0.561. The highest BCUT2D eigenvalue weighted by Crippen LogP contribution is 2.17. The Morgan fingerprint density at radius 2 is 2.39 bits per heavy atom. The zero-order valence-corrected chi connectivity index (χ0v) is 10.4. The largest absolute Gasteiger partial charge is 0.349 e. The van der Waals surface area contributed by atoms with Crippen molar-refractivity contribution in [1.82, 2.24) is 10.3 Å². The number of carbonyl (C=O) groups is 1. The SMILES string of the molecule is O=C(NCC=CC1=CCCCC1)c1cccnc1. The van der Waals surface area contributed by atoms with Crippen molar-refractivity contribution < 1.29 is 4.79 Å². The van der Waals surface area contributed by atoms with Gasteiger partial charge in [-0.2, -0.15) is 0 Å². The molecular formula is C15H18N2O. The van der Waals surface area contributed by atoms with E-state index in [1.807, 2.05) is 6.08 Å². The van der Waals surface area contributed by atoms with Gasteiger partial charge in [-0.1, -0.05) is 23.8 Å². The van der Waals surface area contributed by atoms with Gasteiger partial charge in [0.1, 0.15) is 0 Å². The molecule has 2 rings (SSSR count). The van der Waals surface area contributed by atoms with E-state index in [1.165, 1.54) is 24.8 Å². The number of carbonyl (C=O) groups excluding carboxylic acids is 1. The van der Waals surface area contributed by atoms with Crippen molar-refractivity contribution in [1.29, 1.82) is 0 Å². The average molecular weight is 242 g/mol. The molecule has 3 heteroatoms. The zero-order valence-electron chi connectivity index (χ0n) is 10.4. The van der Waals surface area contributed by atoms with Gasteiger partial charge in [0.05, 0.1) is 5.56 Å². The monoisotopic (exact) mass is 242 g/mol. The fourth-order valence-corrected chi connectivity index (χ4v) is 1.98. The van der Waals surface area contributed by atoms with Gasteiger partial charge in [0.25, 0.3) is 5.91 Å². The fourth-order valence-electron chi connectivity index (χ4n) is 1.98. The summed E-state index contributed by atoms with van der Waals surface area (Å²) in [4.78, 5) is 15.6. The summed E-state index contributed by atoms with van der Waals surface area (Å²) < 4.78 is 0. The number of nitrogens with zero attached hydrogens (tertiary/aromatic N) is 1. The van der Waals surface area contributed by atoms with Gasteiger partial charge < -0.3 is 5.32 Å². The lowest BCUT2D eigenvalue weighted by atomic mass is 9.99. The lowest BCUT2D eigenvalue weighted by molar-refractivity contribution is 0.0957. The summed E-state index contributed by atoms with van der Waals surface area (Å²) in [5.74, 6) is -0.0784. The Bertz CT molecular complexity index is 449. The third kappa shape index (κ3) is 3.84. The summed E-state index contributed by atoms with van der Waals surface area (Å²) in [5.41, 5.74) is 1.99. The maximum Gasteiger partial charge on any atom is 0.253 e. The molecular weight excluding hydrogens is 224 g/mol. The van der Waals surface area contributed by atoms with Crippen LogP contribution in [0.1, 0.15) is 36.0 Å². The van der Waals surface area contributed by atoms with Crippen molar-refractivity contribution in [2.45, 2.75) is 25.7 Å². The van der Waals surface area contributed by atoms with Crippen molar-refractivity contribution >= 4 is 5.91 Å². The molecule has 1 aliphatic carbocycles. The Morgan fingerprint density at radius 1 is 1.44 bits per heavy atom. The van der Waals surface area contributed by atoms with Crippen LogP contribution in [0.4, 0.5) is 0 Å². The fraction of sp³-hybridized carbons (Fsp3) is 0.333. The van der Waals surface area contributed by atoms with Gasteiger partial charge in [0, 0.05) is 18.9 Å². The first-order chi connectivity index (χ1) is 8.86. The van der Waals surface area contributed by atoms with E-state index in [1.54, 1.807) is 24.5 Å². The molecule has 18 heavy (non-hydrogen) atoms. The van der Waals surface area contributed by atoms with Crippen molar-refractivity contribution in [2.75, 3.05) is 6.54 Å². The van der Waals surface area contributed by atoms with Crippen LogP contribution in [-0.2, 0) is 0 Å². The number of hydrogen-bond donors (Lipinski definition) is 1. The van der Waals surface area contributed by atoms with Gasteiger partial charge in [0.15, 0.2) is 0 Å². The lowest BCUT2D eigenvalue weighted by Crippen LogP contribution is -2.23. The number of nitrogens with one attached hydrogen (secondary N) is 1. The lowest BCUT2D eigenvalue weighted by Gasteiger charge is -2.08. The normalized spacial score (nSPS) is 15.4. The number of allylic oxidation sites excluding steroid dienone is 3. The highest BCUT2D eigenvalue weighted by atomic mass is 16.1. The molecule has 94 valence electrons. The molecule has 1 N–H and O–H groups in total. The second-order valence-electron chi connectivity index (χ2n) is 4.38. The predicted molar refractivity (Wildman–Crippen MR) is 72.3 cm³/mol. The minimum Gasteiger partial charge on any atom is -0.349 e. The van der Waals surface area contributed by atoms with Crippen molar-refractivity contribution in [3.8, 4) is 0 Å². The van der Waals surface area contributed by atoms with Gasteiger partial charge >= 0.3 is 0 Å². The van der Waals surface area contributed by atoms with E-state index in [2.05, 4.69) is 22.5 Å². The second-order valence-corrected chi connectivity index (χ2v) is 4.38. The average Bonchev–Trinajstić information content (AvgIpc) is 2.45. The van der Waals surface area contributed by atoms with E-state index >= 15 is 0 Å². The molecule has 0 unspecified atom stereocenters. The van der Waals surface area contributed by atoms with E-state index in [-0.39, 0.29) is 5.91 Å². The summed E-state index contributed by atoms with van der Waals surface area (Å²) in [7, 11) is 0. The maximum atomic E-state index is 11.7. The van der Waals surface area contributed by atoms with Crippen LogP contribution in [0.15, 0.2) is 48.3 Å². The molecule has 0 aliphatic heterocycles. The van der Waals surface area contributed by atoms with Gasteiger partial charge in [-0.05, 0) is 37.8 Å². The maximum absolute atomic E-state index is 11.7. The molecule has 0 atom stereocenters. The van der Waals surface area contributed by atoms with Crippen LogP contribution >= 0.6 is 0 Å². The van der Waals surface area contributed by atoms with E-state index in [0.717, 1.165) is 6.42 Å². The smallest absolute Gasteiger partial charge is 0.253 e. The molecule has 1 aliphatic rings. The second kappa shape index (κ2) is 6.74. The molecule has 0 radical (unpaired) electrons. The Labute approximate surface area is 108 Å².